The van der Waals surface area contributed by atoms with Crippen molar-refractivity contribution in [3.63, 3.8) is 0 Å². The predicted octanol–water partition coefficient (Wildman–Crippen LogP) is 2.70. The van der Waals surface area contributed by atoms with Crippen LogP contribution < -0.4 is 5.01 Å². The minimum atomic E-state index is -0.162. The molecule has 0 atom stereocenters. The van der Waals surface area contributed by atoms with E-state index in [0.717, 1.165) is 20.3 Å². The molecular weight excluding hydrogens is 440 g/mol. The van der Waals surface area contributed by atoms with Crippen LogP contribution in [0.3, 0.4) is 0 Å². The molecule has 0 aromatic carbocycles. The number of pyridine rings is 1. The van der Waals surface area contributed by atoms with Crippen molar-refractivity contribution < 1.29 is 4.79 Å². The van der Waals surface area contributed by atoms with Gasteiger partial charge in [-0.15, -0.1) is 0 Å². The summed E-state index contributed by atoms with van der Waals surface area (Å²) in [5.74, 6) is -0.162. The van der Waals surface area contributed by atoms with Gasteiger partial charge in [0.2, 0.25) is 0 Å². The van der Waals surface area contributed by atoms with Crippen LogP contribution in [0.5, 0.6) is 0 Å². The molecule has 0 saturated heterocycles. The standard InChI is InChI=1S/C15H12Br2N6O/c1-21-13-4-9(16)6-18-11(13)2-3-23(21)15(24)12-5-14-19-7-10(17)8-22(14)20-12/h4-8H,2-3H2,1H3. The van der Waals surface area contributed by atoms with Crippen LogP contribution >= 0.6 is 31.9 Å². The highest BCUT2D eigenvalue weighted by Crippen LogP contribution is 2.28. The number of rotatable bonds is 1. The molecule has 4 heterocycles. The Kier molecular flexibility index (Phi) is 3.76. The van der Waals surface area contributed by atoms with Gasteiger partial charge in [-0.1, -0.05) is 0 Å². The fourth-order valence-electron chi connectivity index (χ4n) is 2.75. The van der Waals surface area contributed by atoms with Gasteiger partial charge in [0.05, 0.1) is 15.9 Å². The van der Waals surface area contributed by atoms with Crippen LogP contribution in [0.1, 0.15) is 16.2 Å². The van der Waals surface area contributed by atoms with Crippen LogP contribution in [0.15, 0.2) is 39.7 Å². The van der Waals surface area contributed by atoms with Gasteiger partial charge in [-0.3, -0.25) is 14.8 Å². The second kappa shape index (κ2) is 5.82. The number of halogens is 2. The van der Waals surface area contributed by atoms with E-state index < -0.39 is 0 Å². The zero-order valence-corrected chi connectivity index (χ0v) is 15.8. The Morgan fingerprint density at radius 3 is 2.79 bits per heavy atom. The number of amides is 1. The van der Waals surface area contributed by atoms with E-state index in [4.69, 9.17) is 0 Å². The lowest BCUT2D eigenvalue weighted by Crippen LogP contribution is -2.48. The minimum Gasteiger partial charge on any atom is -0.284 e. The maximum Gasteiger partial charge on any atom is 0.292 e. The second-order valence-corrected chi connectivity index (χ2v) is 7.26. The number of hydrogen-bond acceptors (Lipinski definition) is 5. The Bertz CT molecular complexity index is 956. The number of fused-ring (bicyclic) bond motifs is 2. The lowest BCUT2D eigenvalue weighted by molar-refractivity contribution is 0.0731. The Hall–Kier alpha value is -2.00. The van der Waals surface area contributed by atoms with Crippen molar-refractivity contribution >= 4 is 49.1 Å². The highest BCUT2D eigenvalue weighted by atomic mass is 79.9. The maximum atomic E-state index is 12.9. The number of aromatic nitrogens is 4. The van der Waals surface area contributed by atoms with Gasteiger partial charge in [-0.25, -0.2) is 14.5 Å². The quantitative estimate of drug-likeness (QED) is 0.569. The van der Waals surface area contributed by atoms with Gasteiger partial charge in [-0.2, -0.15) is 5.10 Å². The van der Waals surface area contributed by atoms with E-state index in [1.165, 1.54) is 0 Å². The van der Waals surface area contributed by atoms with E-state index in [1.807, 2.05) is 18.1 Å². The number of anilines is 1. The first kappa shape index (κ1) is 15.5. The maximum absolute atomic E-state index is 12.9. The van der Waals surface area contributed by atoms with Crippen molar-refractivity contribution in [3.8, 4) is 0 Å². The molecule has 0 saturated carbocycles. The van der Waals surface area contributed by atoms with Crippen LogP contribution in [0.2, 0.25) is 0 Å². The lowest BCUT2D eigenvalue weighted by Gasteiger charge is -2.37. The van der Waals surface area contributed by atoms with E-state index in [1.54, 1.807) is 34.2 Å². The lowest BCUT2D eigenvalue weighted by atomic mass is 10.2. The molecule has 4 rings (SSSR count). The number of carbonyl (C=O) groups is 1. The van der Waals surface area contributed by atoms with Gasteiger partial charge in [-0.05, 0) is 37.9 Å². The average Bonchev–Trinajstić information content (AvgIpc) is 2.98. The van der Waals surface area contributed by atoms with Crippen LogP contribution in [0.4, 0.5) is 5.69 Å². The molecule has 122 valence electrons. The zero-order chi connectivity index (χ0) is 16.8. The highest BCUT2D eigenvalue weighted by molar-refractivity contribution is 9.10. The summed E-state index contributed by atoms with van der Waals surface area (Å²) in [7, 11) is 1.86. The van der Waals surface area contributed by atoms with Crippen molar-refractivity contribution in [1.82, 2.24) is 24.6 Å². The molecule has 3 aromatic rings. The topological polar surface area (TPSA) is 66.6 Å². The van der Waals surface area contributed by atoms with Gasteiger partial charge in [0.1, 0.15) is 0 Å². The third-order valence-electron chi connectivity index (χ3n) is 3.92. The molecule has 0 fully saturated rings. The molecule has 1 aliphatic heterocycles. The molecule has 0 N–H and O–H groups in total. The molecule has 24 heavy (non-hydrogen) atoms. The summed E-state index contributed by atoms with van der Waals surface area (Å²) in [6, 6.07) is 3.65. The van der Waals surface area contributed by atoms with Crippen molar-refractivity contribution in [2.75, 3.05) is 18.6 Å². The Labute approximate surface area is 154 Å². The zero-order valence-electron chi connectivity index (χ0n) is 12.6. The summed E-state index contributed by atoms with van der Waals surface area (Å²) in [4.78, 5) is 21.6. The fraction of sp³-hybridized carbons (Fsp3) is 0.200. The first-order valence-corrected chi connectivity index (χ1v) is 8.82. The van der Waals surface area contributed by atoms with Gasteiger partial charge in [0.15, 0.2) is 11.3 Å². The molecular formula is C15H12Br2N6O. The molecule has 0 spiro atoms. The molecule has 7 nitrogen and oxygen atoms in total. The van der Waals surface area contributed by atoms with Gasteiger partial charge in [0, 0.05) is 49.1 Å². The van der Waals surface area contributed by atoms with Crippen LogP contribution in [0, 0.1) is 0 Å². The minimum absolute atomic E-state index is 0.162. The SMILES string of the molecule is CN1c2cc(Br)cnc2CCN1C(=O)c1cc2ncc(Br)cn2n1. The molecule has 0 unspecified atom stereocenters. The summed E-state index contributed by atoms with van der Waals surface area (Å²) in [5.41, 5.74) is 2.88. The van der Waals surface area contributed by atoms with Crippen molar-refractivity contribution in [2.45, 2.75) is 6.42 Å². The van der Waals surface area contributed by atoms with Crippen molar-refractivity contribution in [3.05, 3.63) is 51.1 Å². The predicted molar refractivity (Wildman–Crippen MR) is 95.8 cm³/mol. The van der Waals surface area contributed by atoms with Crippen molar-refractivity contribution in [2.24, 2.45) is 0 Å². The summed E-state index contributed by atoms with van der Waals surface area (Å²) in [5, 5.41) is 7.84. The molecule has 0 radical (unpaired) electrons. The van der Waals surface area contributed by atoms with Gasteiger partial charge < -0.3 is 0 Å². The molecule has 1 aliphatic rings. The Balaban J connectivity index is 1.68. The average molecular weight is 452 g/mol. The number of nitrogens with zero attached hydrogens (tertiary/aromatic N) is 6. The Morgan fingerprint density at radius 2 is 1.96 bits per heavy atom. The molecule has 1 amide bonds. The van der Waals surface area contributed by atoms with E-state index in [0.29, 0.717) is 24.3 Å². The third-order valence-corrected chi connectivity index (χ3v) is 4.76. The summed E-state index contributed by atoms with van der Waals surface area (Å²) in [6.45, 7) is 0.558. The van der Waals surface area contributed by atoms with Gasteiger partial charge >= 0.3 is 0 Å². The van der Waals surface area contributed by atoms with E-state index in [-0.39, 0.29) is 5.91 Å². The summed E-state index contributed by atoms with van der Waals surface area (Å²) < 4.78 is 3.27. The van der Waals surface area contributed by atoms with E-state index >= 15 is 0 Å². The summed E-state index contributed by atoms with van der Waals surface area (Å²) >= 11 is 6.78. The smallest absolute Gasteiger partial charge is 0.284 e. The molecule has 0 bridgehead atoms. The van der Waals surface area contributed by atoms with Crippen LogP contribution in [-0.4, -0.2) is 44.1 Å². The first-order chi connectivity index (χ1) is 11.5. The first-order valence-electron chi connectivity index (χ1n) is 7.24. The van der Waals surface area contributed by atoms with Crippen LogP contribution in [-0.2, 0) is 6.42 Å². The van der Waals surface area contributed by atoms with E-state index in [9.17, 15) is 4.79 Å². The second-order valence-electron chi connectivity index (χ2n) is 5.43. The number of carbonyl (C=O) groups excluding carboxylic acids is 1. The largest absolute Gasteiger partial charge is 0.292 e. The number of hydrogen-bond donors (Lipinski definition) is 0. The molecule has 3 aromatic heterocycles. The third kappa shape index (κ3) is 2.57. The molecule has 9 heteroatoms. The number of hydrazine groups is 1. The van der Waals surface area contributed by atoms with Crippen LogP contribution in [0.25, 0.3) is 5.65 Å². The normalized spacial score (nSPS) is 14.1. The highest BCUT2D eigenvalue weighted by Gasteiger charge is 2.28. The fourth-order valence-corrected chi connectivity index (χ4v) is 3.37. The summed E-state index contributed by atoms with van der Waals surface area (Å²) in [6.07, 6.45) is 5.93. The monoisotopic (exact) mass is 450 g/mol. The van der Waals surface area contributed by atoms with E-state index in [2.05, 4.69) is 46.9 Å². The van der Waals surface area contributed by atoms with Crippen molar-refractivity contribution in [1.29, 1.82) is 0 Å². The molecule has 0 aliphatic carbocycles. The van der Waals surface area contributed by atoms with Gasteiger partial charge in [0.25, 0.3) is 5.91 Å². The Morgan fingerprint density at radius 1 is 1.17 bits per heavy atom.